The number of thiocarbonyl (C=S) groups is 1. The van der Waals surface area contributed by atoms with E-state index in [1.54, 1.807) is 0 Å². The van der Waals surface area contributed by atoms with E-state index in [1.807, 2.05) is 61.8 Å². The highest BCUT2D eigenvalue weighted by Gasteiger charge is 2.20. The van der Waals surface area contributed by atoms with Gasteiger partial charge in [-0.2, -0.15) is 5.10 Å². The second-order valence-electron chi connectivity index (χ2n) is 7.17. The van der Waals surface area contributed by atoms with Gasteiger partial charge in [-0.15, -0.1) is 11.3 Å². The van der Waals surface area contributed by atoms with Crippen LogP contribution in [0, 0.1) is 13.8 Å². The van der Waals surface area contributed by atoms with E-state index in [2.05, 4.69) is 22.5 Å². The summed E-state index contributed by atoms with van der Waals surface area (Å²) in [6, 6.07) is 12.0. The number of carbonyl (C=O) groups is 1. The number of nitrogens with zero attached hydrogens (tertiary/aromatic N) is 3. The SMILES string of the molecule is COC(=O)c1cc(Cc2ccccc2)sc1NC(=S)N(C)Cc1c(C)nn(C)c1C. The van der Waals surface area contributed by atoms with Gasteiger partial charge in [-0.25, -0.2) is 4.79 Å². The van der Waals surface area contributed by atoms with E-state index in [4.69, 9.17) is 17.0 Å². The molecular formula is C22H26N4O2S2. The molecule has 0 saturated heterocycles. The van der Waals surface area contributed by atoms with Crippen molar-refractivity contribution >= 4 is 39.6 Å². The van der Waals surface area contributed by atoms with Crippen molar-refractivity contribution in [1.82, 2.24) is 14.7 Å². The number of esters is 1. The zero-order chi connectivity index (χ0) is 21.8. The molecule has 0 aliphatic rings. The average molecular weight is 443 g/mol. The molecule has 0 aliphatic heterocycles. The second kappa shape index (κ2) is 9.40. The van der Waals surface area contributed by atoms with Gasteiger partial charge in [0, 0.05) is 43.2 Å². The Morgan fingerprint density at radius 3 is 2.60 bits per heavy atom. The number of aromatic nitrogens is 2. The molecule has 3 aromatic rings. The summed E-state index contributed by atoms with van der Waals surface area (Å²) in [5.41, 5.74) is 4.93. The molecule has 2 aromatic heterocycles. The van der Waals surface area contributed by atoms with Gasteiger partial charge in [0.25, 0.3) is 0 Å². The van der Waals surface area contributed by atoms with Gasteiger partial charge >= 0.3 is 5.97 Å². The van der Waals surface area contributed by atoms with Crippen molar-refractivity contribution in [3.63, 3.8) is 0 Å². The molecular weight excluding hydrogens is 416 g/mol. The molecule has 158 valence electrons. The lowest BCUT2D eigenvalue weighted by Crippen LogP contribution is -2.31. The van der Waals surface area contributed by atoms with Crippen LogP contribution in [0.25, 0.3) is 0 Å². The third kappa shape index (κ3) is 4.88. The standard InChI is InChI=1S/C22H26N4O2S2/c1-14-19(15(2)26(4)24-14)13-25(3)22(29)23-20-18(21(27)28-5)12-17(30-20)11-16-9-7-6-8-10-16/h6-10,12H,11,13H2,1-5H3,(H,23,29). The van der Waals surface area contributed by atoms with Gasteiger partial charge < -0.3 is 15.0 Å². The molecule has 0 radical (unpaired) electrons. The molecule has 1 N–H and O–H groups in total. The zero-order valence-corrected chi connectivity index (χ0v) is 19.5. The molecule has 0 unspecified atom stereocenters. The van der Waals surface area contributed by atoms with Crippen LogP contribution < -0.4 is 5.32 Å². The lowest BCUT2D eigenvalue weighted by Gasteiger charge is -2.21. The van der Waals surface area contributed by atoms with Crippen LogP contribution in [0.1, 0.15) is 37.7 Å². The topological polar surface area (TPSA) is 59.4 Å². The summed E-state index contributed by atoms with van der Waals surface area (Å²) in [5.74, 6) is -0.377. The molecule has 0 bridgehead atoms. The Kier molecular flexibility index (Phi) is 6.89. The molecule has 0 atom stereocenters. The first-order chi connectivity index (χ1) is 14.3. The number of hydrogen-bond donors (Lipinski definition) is 1. The third-order valence-corrected chi connectivity index (χ3v) is 6.50. The van der Waals surface area contributed by atoms with Crippen LogP contribution >= 0.6 is 23.6 Å². The quantitative estimate of drug-likeness (QED) is 0.454. The average Bonchev–Trinajstić information content (AvgIpc) is 3.23. The van der Waals surface area contributed by atoms with Crippen molar-refractivity contribution in [3.05, 3.63) is 69.4 Å². The summed E-state index contributed by atoms with van der Waals surface area (Å²) in [6.07, 6.45) is 0.744. The summed E-state index contributed by atoms with van der Waals surface area (Å²) in [4.78, 5) is 15.3. The Bertz CT molecular complexity index is 1060. The van der Waals surface area contributed by atoms with Crippen molar-refractivity contribution in [2.45, 2.75) is 26.8 Å². The summed E-state index contributed by atoms with van der Waals surface area (Å²) in [7, 11) is 5.25. The lowest BCUT2D eigenvalue weighted by molar-refractivity contribution is 0.0602. The molecule has 8 heteroatoms. The van der Waals surface area contributed by atoms with E-state index in [-0.39, 0.29) is 5.97 Å². The second-order valence-corrected chi connectivity index (χ2v) is 8.69. The summed E-state index contributed by atoms with van der Waals surface area (Å²) in [6.45, 7) is 4.68. The summed E-state index contributed by atoms with van der Waals surface area (Å²) < 4.78 is 6.85. The molecule has 0 aliphatic carbocycles. The number of ether oxygens (including phenoxy) is 1. The van der Waals surface area contributed by atoms with E-state index in [0.29, 0.717) is 22.2 Å². The molecule has 0 saturated carbocycles. The van der Waals surface area contributed by atoms with Crippen LogP contribution in [0.15, 0.2) is 36.4 Å². The molecule has 30 heavy (non-hydrogen) atoms. The number of thiophene rings is 1. The fourth-order valence-electron chi connectivity index (χ4n) is 3.23. The molecule has 0 spiro atoms. The van der Waals surface area contributed by atoms with Crippen molar-refractivity contribution in [3.8, 4) is 0 Å². The number of methoxy groups -OCH3 is 1. The normalized spacial score (nSPS) is 10.7. The number of nitrogens with one attached hydrogen (secondary N) is 1. The first-order valence-electron chi connectivity index (χ1n) is 9.56. The smallest absolute Gasteiger partial charge is 0.340 e. The third-order valence-electron chi connectivity index (χ3n) is 5.03. The van der Waals surface area contributed by atoms with E-state index in [9.17, 15) is 4.79 Å². The molecule has 3 rings (SSSR count). The van der Waals surface area contributed by atoms with E-state index < -0.39 is 0 Å². The minimum atomic E-state index is -0.377. The molecule has 1 aromatic carbocycles. The summed E-state index contributed by atoms with van der Waals surface area (Å²) >= 11 is 7.13. The molecule has 0 fully saturated rings. The van der Waals surface area contributed by atoms with Crippen LogP contribution in [0.4, 0.5) is 5.00 Å². The predicted molar refractivity (Wildman–Crippen MR) is 125 cm³/mol. The minimum absolute atomic E-state index is 0.377. The van der Waals surface area contributed by atoms with Gasteiger partial charge in [-0.05, 0) is 37.7 Å². The largest absolute Gasteiger partial charge is 0.465 e. The van der Waals surface area contributed by atoms with Gasteiger partial charge in [-0.1, -0.05) is 30.3 Å². The maximum Gasteiger partial charge on any atom is 0.340 e. The van der Waals surface area contributed by atoms with Crippen molar-refractivity contribution in [1.29, 1.82) is 0 Å². The molecule has 6 nitrogen and oxygen atoms in total. The number of carbonyl (C=O) groups excluding carboxylic acids is 1. The number of hydrogen-bond acceptors (Lipinski definition) is 5. The van der Waals surface area contributed by atoms with E-state index in [0.717, 1.165) is 28.2 Å². The number of anilines is 1. The minimum Gasteiger partial charge on any atom is -0.465 e. The van der Waals surface area contributed by atoms with Crippen molar-refractivity contribution in [2.75, 3.05) is 19.5 Å². The van der Waals surface area contributed by atoms with Crippen molar-refractivity contribution in [2.24, 2.45) is 7.05 Å². The van der Waals surface area contributed by atoms with Gasteiger partial charge in [0.1, 0.15) is 5.00 Å². The van der Waals surface area contributed by atoms with Gasteiger partial charge in [0.2, 0.25) is 0 Å². The Labute approximate surface area is 186 Å². The lowest BCUT2D eigenvalue weighted by atomic mass is 10.1. The highest BCUT2D eigenvalue weighted by molar-refractivity contribution is 7.80. The fraction of sp³-hybridized carbons (Fsp3) is 0.318. The first kappa shape index (κ1) is 22.0. The Balaban J connectivity index is 1.78. The van der Waals surface area contributed by atoms with E-state index in [1.165, 1.54) is 24.0 Å². The number of benzene rings is 1. The fourth-order valence-corrected chi connectivity index (χ4v) is 4.54. The van der Waals surface area contributed by atoms with Crippen LogP contribution in [-0.2, 0) is 24.8 Å². The zero-order valence-electron chi connectivity index (χ0n) is 17.9. The van der Waals surface area contributed by atoms with Gasteiger partial charge in [0.05, 0.1) is 18.4 Å². The first-order valence-corrected chi connectivity index (χ1v) is 10.8. The van der Waals surface area contributed by atoms with Crippen LogP contribution in [0.3, 0.4) is 0 Å². The Morgan fingerprint density at radius 2 is 2.00 bits per heavy atom. The van der Waals surface area contributed by atoms with Crippen LogP contribution in [0.2, 0.25) is 0 Å². The van der Waals surface area contributed by atoms with Gasteiger partial charge in [-0.3, -0.25) is 4.68 Å². The summed E-state index contributed by atoms with van der Waals surface area (Å²) in [5, 5.41) is 8.95. The highest BCUT2D eigenvalue weighted by Crippen LogP contribution is 2.31. The van der Waals surface area contributed by atoms with Crippen LogP contribution in [0.5, 0.6) is 0 Å². The van der Waals surface area contributed by atoms with Crippen molar-refractivity contribution < 1.29 is 9.53 Å². The monoisotopic (exact) mass is 442 g/mol. The maximum atomic E-state index is 12.3. The van der Waals surface area contributed by atoms with E-state index >= 15 is 0 Å². The molecule has 0 amide bonds. The maximum absolute atomic E-state index is 12.3. The number of rotatable bonds is 6. The Hall–Kier alpha value is -2.71. The predicted octanol–water partition coefficient (Wildman–Crippen LogP) is 4.30. The Morgan fingerprint density at radius 1 is 1.30 bits per heavy atom. The molecule has 2 heterocycles. The van der Waals surface area contributed by atoms with Crippen LogP contribution in [-0.4, -0.2) is 39.9 Å². The highest BCUT2D eigenvalue weighted by atomic mass is 32.1. The van der Waals surface area contributed by atoms with Gasteiger partial charge in [0.15, 0.2) is 5.11 Å². The number of aryl methyl sites for hydroxylation is 2.